The number of ether oxygens (including phenoxy) is 2. The molecule has 4 rings (SSSR count). The number of anilines is 1. The molecule has 1 N–H and O–H groups in total. The van der Waals surface area contributed by atoms with E-state index in [1.807, 2.05) is 79.7 Å². The summed E-state index contributed by atoms with van der Waals surface area (Å²) in [5.74, 6) is 2.44. The van der Waals surface area contributed by atoms with Gasteiger partial charge in [-0.2, -0.15) is 0 Å². The molecule has 0 saturated heterocycles. The van der Waals surface area contributed by atoms with Crippen LogP contribution < -0.4 is 14.8 Å². The highest BCUT2D eigenvalue weighted by atomic mass is 32.2. The number of thiazole rings is 1. The van der Waals surface area contributed by atoms with E-state index >= 15 is 0 Å². The van der Waals surface area contributed by atoms with Gasteiger partial charge in [-0.15, -0.1) is 11.3 Å². The fraction of sp³-hybridized carbons (Fsp3) is 0.130. The Morgan fingerprint density at radius 2 is 1.83 bits per heavy atom. The molecule has 1 amide bonds. The van der Waals surface area contributed by atoms with Crippen molar-refractivity contribution >= 4 is 44.9 Å². The van der Waals surface area contributed by atoms with Gasteiger partial charge >= 0.3 is 0 Å². The summed E-state index contributed by atoms with van der Waals surface area (Å²) in [6, 6.07) is 22.7. The van der Waals surface area contributed by atoms with Crippen molar-refractivity contribution in [3.05, 3.63) is 72.8 Å². The molecule has 5 nitrogen and oxygen atoms in total. The van der Waals surface area contributed by atoms with E-state index in [0.717, 1.165) is 26.1 Å². The lowest BCUT2D eigenvalue weighted by Gasteiger charge is -2.08. The SMILES string of the molecule is CCOc1ccc2nc(SCC(=O)Nc3cccc(Oc4ccccc4)c3)sc2c1. The molecule has 0 saturated carbocycles. The summed E-state index contributed by atoms with van der Waals surface area (Å²) in [6.07, 6.45) is 0. The summed E-state index contributed by atoms with van der Waals surface area (Å²) < 4.78 is 13.3. The van der Waals surface area contributed by atoms with Gasteiger partial charge < -0.3 is 14.8 Å². The lowest BCUT2D eigenvalue weighted by atomic mass is 10.3. The van der Waals surface area contributed by atoms with Gasteiger partial charge in [-0.25, -0.2) is 4.98 Å². The highest BCUT2D eigenvalue weighted by Crippen LogP contribution is 2.32. The van der Waals surface area contributed by atoms with Gasteiger partial charge in [-0.05, 0) is 49.4 Å². The first-order valence-electron chi connectivity index (χ1n) is 9.48. The molecule has 0 fully saturated rings. The highest BCUT2D eigenvalue weighted by Gasteiger charge is 2.10. The first-order valence-corrected chi connectivity index (χ1v) is 11.3. The molecule has 152 valence electrons. The van der Waals surface area contributed by atoms with Gasteiger partial charge in [-0.1, -0.05) is 36.0 Å². The zero-order valence-electron chi connectivity index (χ0n) is 16.3. The number of carbonyl (C=O) groups is 1. The maximum absolute atomic E-state index is 12.4. The number of rotatable bonds is 8. The molecule has 1 heterocycles. The van der Waals surface area contributed by atoms with Crippen LogP contribution in [0.2, 0.25) is 0 Å². The molecule has 0 bridgehead atoms. The molecule has 0 unspecified atom stereocenters. The van der Waals surface area contributed by atoms with Crippen LogP contribution >= 0.6 is 23.1 Å². The van der Waals surface area contributed by atoms with E-state index in [4.69, 9.17) is 9.47 Å². The van der Waals surface area contributed by atoms with Crippen molar-refractivity contribution in [3.8, 4) is 17.2 Å². The average Bonchev–Trinajstić information content (AvgIpc) is 3.16. The molecule has 0 spiro atoms. The van der Waals surface area contributed by atoms with Crippen molar-refractivity contribution in [1.29, 1.82) is 0 Å². The van der Waals surface area contributed by atoms with Crippen LogP contribution in [0.1, 0.15) is 6.92 Å². The Morgan fingerprint density at radius 1 is 1.00 bits per heavy atom. The van der Waals surface area contributed by atoms with Crippen LogP contribution in [-0.4, -0.2) is 23.3 Å². The van der Waals surface area contributed by atoms with Gasteiger partial charge in [0.05, 0.1) is 22.6 Å². The first-order chi connectivity index (χ1) is 14.7. The van der Waals surface area contributed by atoms with Gasteiger partial charge in [0.15, 0.2) is 4.34 Å². The van der Waals surface area contributed by atoms with Crippen LogP contribution in [0.5, 0.6) is 17.2 Å². The zero-order valence-corrected chi connectivity index (χ0v) is 18.0. The number of amides is 1. The van der Waals surface area contributed by atoms with Gasteiger partial charge in [0.25, 0.3) is 0 Å². The zero-order chi connectivity index (χ0) is 20.8. The Kier molecular flexibility index (Phi) is 6.51. The fourth-order valence-corrected chi connectivity index (χ4v) is 4.69. The molecule has 3 aromatic carbocycles. The lowest BCUT2D eigenvalue weighted by molar-refractivity contribution is -0.113. The highest BCUT2D eigenvalue weighted by molar-refractivity contribution is 8.01. The Hall–Kier alpha value is -3.03. The first kappa shape index (κ1) is 20.3. The quantitative estimate of drug-likeness (QED) is 0.332. The molecule has 7 heteroatoms. The molecule has 30 heavy (non-hydrogen) atoms. The summed E-state index contributed by atoms with van der Waals surface area (Å²) in [5, 5.41) is 2.92. The molecule has 0 radical (unpaired) electrons. The van der Waals surface area contributed by atoms with Gasteiger partial charge in [-0.3, -0.25) is 4.79 Å². The summed E-state index contributed by atoms with van der Waals surface area (Å²) >= 11 is 2.98. The Balaban J connectivity index is 1.34. The van der Waals surface area contributed by atoms with Gasteiger partial charge in [0, 0.05) is 11.8 Å². The number of para-hydroxylation sites is 1. The van der Waals surface area contributed by atoms with E-state index < -0.39 is 0 Å². The Morgan fingerprint density at radius 3 is 2.67 bits per heavy atom. The van der Waals surface area contributed by atoms with Gasteiger partial charge in [0.2, 0.25) is 5.91 Å². The van der Waals surface area contributed by atoms with Crippen molar-refractivity contribution < 1.29 is 14.3 Å². The maximum Gasteiger partial charge on any atom is 0.234 e. The van der Waals surface area contributed by atoms with Crippen molar-refractivity contribution in [2.45, 2.75) is 11.3 Å². The van der Waals surface area contributed by atoms with Crippen LogP contribution in [-0.2, 0) is 4.79 Å². The molecular weight excluding hydrogens is 416 g/mol. The van der Waals surface area contributed by atoms with Crippen molar-refractivity contribution in [1.82, 2.24) is 4.98 Å². The number of carbonyl (C=O) groups excluding carboxylic acids is 1. The Bertz CT molecular complexity index is 1150. The van der Waals surface area contributed by atoms with E-state index in [1.165, 1.54) is 11.8 Å². The third-order valence-corrected chi connectivity index (χ3v) is 6.24. The maximum atomic E-state index is 12.4. The number of benzene rings is 3. The van der Waals surface area contributed by atoms with Crippen molar-refractivity contribution in [2.24, 2.45) is 0 Å². The van der Waals surface area contributed by atoms with Crippen LogP contribution in [0.4, 0.5) is 5.69 Å². The molecule has 1 aromatic heterocycles. The van der Waals surface area contributed by atoms with Crippen LogP contribution in [0, 0.1) is 0 Å². The predicted molar refractivity (Wildman–Crippen MR) is 123 cm³/mol. The second kappa shape index (κ2) is 9.65. The topological polar surface area (TPSA) is 60.5 Å². The number of thioether (sulfide) groups is 1. The van der Waals surface area contributed by atoms with Gasteiger partial charge in [0.1, 0.15) is 17.2 Å². The molecule has 0 aliphatic heterocycles. The van der Waals surface area contributed by atoms with E-state index in [9.17, 15) is 4.79 Å². The number of hydrogen-bond acceptors (Lipinski definition) is 6. The minimum atomic E-state index is -0.0916. The number of fused-ring (bicyclic) bond motifs is 1. The lowest BCUT2D eigenvalue weighted by Crippen LogP contribution is -2.13. The summed E-state index contributed by atoms with van der Waals surface area (Å²) in [5.41, 5.74) is 1.61. The normalized spacial score (nSPS) is 10.7. The van der Waals surface area contributed by atoms with Crippen LogP contribution in [0.25, 0.3) is 10.2 Å². The van der Waals surface area contributed by atoms with Crippen molar-refractivity contribution in [3.63, 3.8) is 0 Å². The Labute approximate surface area is 183 Å². The fourth-order valence-electron chi connectivity index (χ4n) is 2.79. The summed E-state index contributed by atoms with van der Waals surface area (Å²) in [4.78, 5) is 17.0. The predicted octanol–water partition coefficient (Wildman–Crippen LogP) is 6.22. The van der Waals surface area contributed by atoms with Crippen molar-refractivity contribution in [2.75, 3.05) is 17.7 Å². The number of nitrogens with one attached hydrogen (secondary N) is 1. The molecule has 4 aromatic rings. The van der Waals surface area contributed by atoms with Crippen LogP contribution in [0.3, 0.4) is 0 Å². The van der Waals surface area contributed by atoms with E-state index in [2.05, 4.69) is 10.3 Å². The minimum Gasteiger partial charge on any atom is -0.494 e. The molecule has 0 atom stereocenters. The van der Waals surface area contributed by atoms with E-state index in [-0.39, 0.29) is 11.7 Å². The van der Waals surface area contributed by atoms with E-state index in [0.29, 0.717) is 18.0 Å². The molecule has 0 aliphatic rings. The third-order valence-electron chi connectivity index (χ3n) is 4.07. The number of hydrogen-bond donors (Lipinski definition) is 1. The molecule has 0 aliphatic carbocycles. The standard InChI is InChI=1S/C23H20N2O3S2/c1-2-27-18-11-12-20-21(14-18)30-23(25-20)29-15-22(26)24-16-7-6-10-19(13-16)28-17-8-4-3-5-9-17/h3-14H,2,15H2,1H3,(H,24,26). The van der Waals surface area contributed by atoms with Crippen LogP contribution in [0.15, 0.2) is 77.1 Å². The summed E-state index contributed by atoms with van der Waals surface area (Å²) in [6.45, 7) is 2.59. The number of aromatic nitrogens is 1. The molecular formula is C23H20N2O3S2. The second-order valence-corrected chi connectivity index (χ2v) is 8.58. The second-order valence-electron chi connectivity index (χ2n) is 6.32. The number of nitrogens with zero attached hydrogens (tertiary/aromatic N) is 1. The average molecular weight is 437 g/mol. The largest absolute Gasteiger partial charge is 0.494 e. The monoisotopic (exact) mass is 436 g/mol. The summed E-state index contributed by atoms with van der Waals surface area (Å²) in [7, 11) is 0. The smallest absolute Gasteiger partial charge is 0.234 e. The third kappa shape index (κ3) is 5.31. The minimum absolute atomic E-state index is 0.0916. The van der Waals surface area contributed by atoms with E-state index in [1.54, 1.807) is 11.3 Å².